The van der Waals surface area contributed by atoms with Crippen molar-refractivity contribution in [3.05, 3.63) is 35.9 Å². The van der Waals surface area contributed by atoms with Crippen LogP contribution in [0.5, 0.6) is 0 Å². The second-order valence-electron chi connectivity index (χ2n) is 4.82. The third-order valence-electron chi connectivity index (χ3n) is 3.85. The molecule has 2 fully saturated rings. The third kappa shape index (κ3) is 1.68. The lowest BCUT2D eigenvalue weighted by atomic mass is 10.2. The largest absolute Gasteiger partial charge is 0.316 e. The van der Waals surface area contributed by atoms with Gasteiger partial charge in [-0.1, -0.05) is 30.3 Å². The normalized spacial score (nSPS) is 34.1. The Morgan fingerprint density at radius 2 is 1.87 bits per heavy atom. The third-order valence-corrected chi connectivity index (χ3v) is 3.85. The molecule has 80 valence electrons. The van der Waals surface area contributed by atoms with E-state index in [0.717, 1.165) is 24.4 Å². The predicted octanol–water partition coefficient (Wildman–Crippen LogP) is 1.34. The van der Waals surface area contributed by atoms with Gasteiger partial charge < -0.3 is 5.32 Å². The molecule has 1 aliphatic heterocycles. The minimum atomic E-state index is 0.817. The minimum absolute atomic E-state index is 0.817. The summed E-state index contributed by atoms with van der Waals surface area (Å²) in [6, 6.07) is 11.6. The number of hydrogen-bond acceptors (Lipinski definition) is 2. The van der Waals surface area contributed by atoms with E-state index in [1.54, 1.807) is 0 Å². The molecule has 0 radical (unpaired) electrons. The molecule has 1 heterocycles. The molecule has 0 aromatic heterocycles. The van der Waals surface area contributed by atoms with Gasteiger partial charge in [0.25, 0.3) is 0 Å². The zero-order valence-electron chi connectivity index (χ0n) is 9.19. The fraction of sp³-hybridized carbons (Fsp3) is 0.538. The molecule has 2 aliphatic rings. The smallest absolute Gasteiger partial charge is 0.0233 e. The van der Waals surface area contributed by atoms with E-state index < -0.39 is 0 Å². The SMILES string of the molecule is CNC1[C@H]2CN(Cc3ccccc3)C[C@@H]12. The Hall–Kier alpha value is -0.860. The summed E-state index contributed by atoms with van der Waals surface area (Å²) in [5.74, 6) is 1.86. The molecule has 3 rings (SSSR count). The van der Waals surface area contributed by atoms with Crippen molar-refractivity contribution in [3.63, 3.8) is 0 Å². The molecule has 0 spiro atoms. The summed E-state index contributed by atoms with van der Waals surface area (Å²) in [5, 5.41) is 3.40. The van der Waals surface area contributed by atoms with Gasteiger partial charge in [0.1, 0.15) is 0 Å². The molecule has 0 bridgehead atoms. The van der Waals surface area contributed by atoms with E-state index in [-0.39, 0.29) is 0 Å². The highest BCUT2D eigenvalue weighted by molar-refractivity contribution is 5.16. The van der Waals surface area contributed by atoms with Gasteiger partial charge in [0.05, 0.1) is 0 Å². The summed E-state index contributed by atoms with van der Waals surface area (Å²) >= 11 is 0. The quantitative estimate of drug-likeness (QED) is 0.795. The zero-order valence-corrected chi connectivity index (χ0v) is 9.19. The summed E-state index contributed by atoms with van der Waals surface area (Å²) in [5.41, 5.74) is 1.44. The van der Waals surface area contributed by atoms with Gasteiger partial charge in [0.15, 0.2) is 0 Å². The molecule has 2 heteroatoms. The van der Waals surface area contributed by atoms with Crippen LogP contribution >= 0.6 is 0 Å². The summed E-state index contributed by atoms with van der Waals surface area (Å²) in [4.78, 5) is 2.58. The lowest BCUT2D eigenvalue weighted by molar-refractivity contribution is 0.284. The van der Waals surface area contributed by atoms with Crippen LogP contribution < -0.4 is 5.32 Å². The van der Waals surface area contributed by atoms with Gasteiger partial charge in [-0.2, -0.15) is 0 Å². The summed E-state index contributed by atoms with van der Waals surface area (Å²) in [7, 11) is 2.09. The molecule has 1 aromatic carbocycles. The van der Waals surface area contributed by atoms with Crippen molar-refractivity contribution in [3.8, 4) is 0 Å². The first-order valence-electron chi connectivity index (χ1n) is 5.82. The first-order chi connectivity index (χ1) is 7.38. The van der Waals surface area contributed by atoms with Crippen LogP contribution in [0, 0.1) is 11.8 Å². The van der Waals surface area contributed by atoms with Crippen molar-refractivity contribution in [2.75, 3.05) is 20.1 Å². The van der Waals surface area contributed by atoms with Crippen LogP contribution in [0.4, 0.5) is 0 Å². The Morgan fingerprint density at radius 3 is 2.47 bits per heavy atom. The maximum atomic E-state index is 3.40. The molecule has 1 saturated heterocycles. The second-order valence-corrected chi connectivity index (χ2v) is 4.82. The number of benzene rings is 1. The molecule has 15 heavy (non-hydrogen) atoms. The standard InChI is InChI=1S/C13H18N2/c1-14-13-11-8-15(9-12(11)13)7-10-5-3-2-4-6-10/h2-6,11-14H,7-9H2,1H3/t11-,12+,13?. The van der Waals surface area contributed by atoms with E-state index in [0.29, 0.717) is 0 Å². The molecular weight excluding hydrogens is 184 g/mol. The Balaban J connectivity index is 1.56. The maximum absolute atomic E-state index is 3.40. The number of fused-ring (bicyclic) bond motifs is 1. The van der Waals surface area contributed by atoms with Crippen molar-refractivity contribution < 1.29 is 0 Å². The Labute approximate surface area is 91.3 Å². The van der Waals surface area contributed by atoms with E-state index in [4.69, 9.17) is 0 Å². The van der Waals surface area contributed by atoms with Crippen LogP contribution in [0.1, 0.15) is 5.56 Å². The molecule has 1 N–H and O–H groups in total. The lowest BCUT2D eigenvalue weighted by Gasteiger charge is -2.19. The van der Waals surface area contributed by atoms with Gasteiger partial charge in [-0.15, -0.1) is 0 Å². The number of piperidine rings is 1. The molecule has 3 atom stereocenters. The fourth-order valence-electron chi connectivity index (χ4n) is 3.01. The average molecular weight is 202 g/mol. The van der Waals surface area contributed by atoms with E-state index in [1.807, 2.05) is 0 Å². The van der Waals surface area contributed by atoms with Crippen molar-refractivity contribution in [2.24, 2.45) is 11.8 Å². The summed E-state index contributed by atoms with van der Waals surface area (Å²) < 4.78 is 0. The monoisotopic (exact) mass is 202 g/mol. The first kappa shape index (κ1) is 9.37. The number of nitrogens with one attached hydrogen (secondary N) is 1. The first-order valence-corrected chi connectivity index (χ1v) is 5.82. The van der Waals surface area contributed by atoms with Crippen LogP contribution in [-0.2, 0) is 6.54 Å². The van der Waals surface area contributed by atoms with E-state index in [2.05, 4.69) is 47.6 Å². The Morgan fingerprint density at radius 1 is 1.20 bits per heavy atom. The molecule has 1 aromatic rings. The highest BCUT2D eigenvalue weighted by atomic mass is 15.2. The molecule has 0 amide bonds. The zero-order chi connectivity index (χ0) is 10.3. The summed E-state index contributed by atoms with van der Waals surface area (Å²) in [6.07, 6.45) is 0. The highest BCUT2D eigenvalue weighted by Gasteiger charge is 2.54. The lowest BCUT2D eigenvalue weighted by Crippen LogP contribution is -2.29. The number of hydrogen-bond donors (Lipinski definition) is 1. The number of rotatable bonds is 3. The minimum Gasteiger partial charge on any atom is -0.316 e. The van der Waals surface area contributed by atoms with Crippen molar-refractivity contribution in [1.29, 1.82) is 0 Å². The Bertz CT molecular complexity index is 324. The van der Waals surface area contributed by atoms with Crippen LogP contribution in [0.2, 0.25) is 0 Å². The van der Waals surface area contributed by atoms with Crippen molar-refractivity contribution in [2.45, 2.75) is 12.6 Å². The van der Waals surface area contributed by atoms with Gasteiger partial charge >= 0.3 is 0 Å². The van der Waals surface area contributed by atoms with Gasteiger partial charge in [-0.25, -0.2) is 0 Å². The van der Waals surface area contributed by atoms with Crippen LogP contribution in [-0.4, -0.2) is 31.1 Å². The maximum Gasteiger partial charge on any atom is 0.0233 e. The topological polar surface area (TPSA) is 15.3 Å². The predicted molar refractivity (Wildman–Crippen MR) is 61.5 cm³/mol. The Kier molecular flexibility index (Phi) is 2.26. The number of nitrogens with zero attached hydrogens (tertiary/aromatic N) is 1. The van der Waals surface area contributed by atoms with Gasteiger partial charge in [0.2, 0.25) is 0 Å². The van der Waals surface area contributed by atoms with Gasteiger partial charge in [0, 0.05) is 25.7 Å². The molecule has 2 nitrogen and oxygen atoms in total. The van der Waals surface area contributed by atoms with Crippen LogP contribution in [0.25, 0.3) is 0 Å². The second kappa shape index (κ2) is 3.62. The van der Waals surface area contributed by atoms with Crippen molar-refractivity contribution in [1.82, 2.24) is 10.2 Å². The average Bonchev–Trinajstić information content (AvgIpc) is 2.75. The van der Waals surface area contributed by atoms with Gasteiger partial charge in [-0.05, 0) is 24.4 Å². The van der Waals surface area contributed by atoms with Crippen molar-refractivity contribution >= 4 is 0 Å². The molecule has 1 unspecified atom stereocenters. The van der Waals surface area contributed by atoms with Crippen LogP contribution in [0.3, 0.4) is 0 Å². The highest BCUT2D eigenvalue weighted by Crippen LogP contribution is 2.45. The van der Waals surface area contributed by atoms with E-state index >= 15 is 0 Å². The summed E-state index contributed by atoms with van der Waals surface area (Å²) in [6.45, 7) is 3.69. The van der Waals surface area contributed by atoms with E-state index in [1.165, 1.54) is 18.7 Å². The molecular formula is C13H18N2. The van der Waals surface area contributed by atoms with E-state index in [9.17, 15) is 0 Å². The fourth-order valence-corrected chi connectivity index (χ4v) is 3.01. The van der Waals surface area contributed by atoms with Gasteiger partial charge in [-0.3, -0.25) is 4.90 Å². The molecule has 1 aliphatic carbocycles. The number of likely N-dealkylation sites (tertiary alicyclic amines) is 1. The van der Waals surface area contributed by atoms with Crippen LogP contribution in [0.15, 0.2) is 30.3 Å². The molecule has 1 saturated carbocycles.